The number of benzene rings is 2. The zero-order chi connectivity index (χ0) is 18.6. The summed E-state index contributed by atoms with van der Waals surface area (Å²) in [5.41, 5.74) is 0.112. The summed E-state index contributed by atoms with van der Waals surface area (Å²) < 4.78 is 5.16. The number of anilines is 2. The Morgan fingerprint density at radius 3 is 2.48 bits per heavy atom. The number of halogens is 1. The number of nitrogens with one attached hydrogen (secondary N) is 2. The predicted octanol–water partition coefficient (Wildman–Crippen LogP) is 3.47. The number of carbonyl (C=O) groups excluding carboxylic acids is 2. The lowest BCUT2D eigenvalue weighted by Gasteiger charge is -2.12. The van der Waals surface area contributed by atoms with Gasteiger partial charge in [0.25, 0.3) is 11.6 Å². The molecule has 2 rings (SSSR count). The van der Waals surface area contributed by atoms with E-state index in [4.69, 9.17) is 16.3 Å². The molecule has 0 aliphatic heterocycles. The number of nitro benzene ring substituents is 1. The molecule has 9 heteroatoms. The van der Waals surface area contributed by atoms with E-state index >= 15 is 0 Å². The molecule has 0 bridgehead atoms. The van der Waals surface area contributed by atoms with Crippen molar-refractivity contribution in [2.75, 3.05) is 17.7 Å². The van der Waals surface area contributed by atoms with E-state index in [0.717, 1.165) is 6.07 Å². The van der Waals surface area contributed by atoms with E-state index in [1.54, 1.807) is 12.1 Å². The number of hydrogen-bond acceptors (Lipinski definition) is 5. The van der Waals surface area contributed by atoms with Gasteiger partial charge in [0.1, 0.15) is 11.3 Å². The molecule has 0 radical (unpaired) electrons. The summed E-state index contributed by atoms with van der Waals surface area (Å²) in [6, 6.07) is 8.31. The Balaban J connectivity index is 2.39. The molecule has 0 aliphatic rings. The zero-order valence-corrected chi connectivity index (χ0v) is 14.1. The second-order valence-corrected chi connectivity index (χ2v) is 5.41. The van der Waals surface area contributed by atoms with Crippen LogP contribution in [0.4, 0.5) is 17.1 Å². The van der Waals surface area contributed by atoms with Crippen LogP contribution in [0.2, 0.25) is 5.02 Å². The summed E-state index contributed by atoms with van der Waals surface area (Å²) in [5, 5.41) is 16.4. The van der Waals surface area contributed by atoms with Crippen molar-refractivity contribution in [2.45, 2.75) is 6.92 Å². The number of amides is 2. The molecule has 0 aliphatic carbocycles. The third kappa shape index (κ3) is 4.45. The van der Waals surface area contributed by atoms with Crippen molar-refractivity contribution in [1.29, 1.82) is 0 Å². The second-order valence-electron chi connectivity index (χ2n) is 4.97. The molecule has 2 aromatic rings. The van der Waals surface area contributed by atoms with Crippen LogP contribution in [0, 0.1) is 10.1 Å². The molecular weight excluding hydrogens is 350 g/mol. The minimum atomic E-state index is -0.729. The van der Waals surface area contributed by atoms with Crippen molar-refractivity contribution in [3.05, 3.63) is 57.1 Å². The Kier molecular flexibility index (Phi) is 5.56. The van der Waals surface area contributed by atoms with Crippen LogP contribution in [0.1, 0.15) is 17.3 Å². The maximum Gasteiger partial charge on any atom is 0.282 e. The van der Waals surface area contributed by atoms with Gasteiger partial charge in [0, 0.05) is 23.7 Å². The van der Waals surface area contributed by atoms with Gasteiger partial charge in [-0.05, 0) is 30.3 Å². The fourth-order valence-corrected chi connectivity index (χ4v) is 2.30. The molecule has 0 aromatic heterocycles. The Morgan fingerprint density at radius 1 is 1.16 bits per heavy atom. The summed E-state index contributed by atoms with van der Waals surface area (Å²) >= 11 is 5.83. The van der Waals surface area contributed by atoms with Crippen LogP contribution in [0.25, 0.3) is 0 Å². The first-order valence-corrected chi connectivity index (χ1v) is 7.40. The number of hydrogen-bond donors (Lipinski definition) is 2. The topological polar surface area (TPSA) is 111 Å². The van der Waals surface area contributed by atoms with Gasteiger partial charge in [0.05, 0.1) is 17.7 Å². The number of methoxy groups -OCH3 is 1. The van der Waals surface area contributed by atoms with E-state index in [9.17, 15) is 19.7 Å². The van der Waals surface area contributed by atoms with Crippen LogP contribution in [0.5, 0.6) is 5.75 Å². The molecule has 0 saturated heterocycles. The highest BCUT2D eigenvalue weighted by Crippen LogP contribution is 2.30. The van der Waals surface area contributed by atoms with E-state index in [0.29, 0.717) is 11.4 Å². The molecular formula is C16H14ClN3O5. The first-order valence-electron chi connectivity index (χ1n) is 7.02. The van der Waals surface area contributed by atoms with Crippen LogP contribution in [-0.4, -0.2) is 23.8 Å². The highest BCUT2D eigenvalue weighted by molar-refractivity contribution is 6.31. The zero-order valence-electron chi connectivity index (χ0n) is 13.3. The monoisotopic (exact) mass is 363 g/mol. The van der Waals surface area contributed by atoms with Crippen molar-refractivity contribution in [2.24, 2.45) is 0 Å². The van der Waals surface area contributed by atoms with Crippen molar-refractivity contribution in [1.82, 2.24) is 0 Å². The van der Waals surface area contributed by atoms with Gasteiger partial charge >= 0.3 is 0 Å². The van der Waals surface area contributed by atoms with Crippen LogP contribution in [0.15, 0.2) is 36.4 Å². The van der Waals surface area contributed by atoms with Gasteiger partial charge in [0.2, 0.25) is 5.91 Å². The lowest BCUT2D eigenvalue weighted by atomic mass is 10.1. The van der Waals surface area contributed by atoms with Crippen LogP contribution < -0.4 is 15.4 Å². The van der Waals surface area contributed by atoms with E-state index in [1.165, 1.54) is 32.2 Å². The van der Waals surface area contributed by atoms with Gasteiger partial charge in [0.15, 0.2) is 0 Å². The Hall–Kier alpha value is -3.13. The Bertz CT molecular complexity index is 854. The molecule has 2 N–H and O–H groups in total. The fourth-order valence-electron chi connectivity index (χ4n) is 2.13. The molecule has 0 fully saturated rings. The third-order valence-electron chi connectivity index (χ3n) is 3.17. The number of carbonyl (C=O) groups is 2. The van der Waals surface area contributed by atoms with Gasteiger partial charge in [-0.3, -0.25) is 19.7 Å². The first kappa shape index (κ1) is 18.2. The number of nitrogens with zero attached hydrogens (tertiary/aromatic N) is 1. The average Bonchev–Trinajstić information content (AvgIpc) is 2.54. The molecule has 0 spiro atoms. The molecule has 2 amide bonds. The minimum Gasteiger partial charge on any atom is -0.495 e. The number of nitro groups is 1. The Labute approximate surface area is 147 Å². The van der Waals surface area contributed by atoms with E-state index in [2.05, 4.69) is 10.6 Å². The average molecular weight is 364 g/mol. The van der Waals surface area contributed by atoms with Crippen molar-refractivity contribution in [3.63, 3.8) is 0 Å². The van der Waals surface area contributed by atoms with E-state index < -0.39 is 10.8 Å². The maximum atomic E-state index is 12.5. The van der Waals surface area contributed by atoms with Gasteiger partial charge < -0.3 is 15.4 Å². The van der Waals surface area contributed by atoms with E-state index in [1.807, 2.05) is 0 Å². The van der Waals surface area contributed by atoms with E-state index in [-0.39, 0.29) is 27.9 Å². The molecule has 8 nitrogen and oxygen atoms in total. The lowest BCUT2D eigenvalue weighted by Crippen LogP contribution is -2.15. The summed E-state index contributed by atoms with van der Waals surface area (Å²) in [6.45, 7) is 1.35. The highest BCUT2D eigenvalue weighted by atomic mass is 35.5. The van der Waals surface area contributed by atoms with Gasteiger partial charge in [-0.1, -0.05) is 11.6 Å². The quantitative estimate of drug-likeness (QED) is 0.624. The molecule has 130 valence electrons. The van der Waals surface area contributed by atoms with Gasteiger partial charge in [-0.2, -0.15) is 0 Å². The summed E-state index contributed by atoms with van der Waals surface area (Å²) in [5.74, 6) is -0.687. The molecule has 0 atom stereocenters. The molecule has 25 heavy (non-hydrogen) atoms. The number of rotatable bonds is 5. The van der Waals surface area contributed by atoms with Crippen molar-refractivity contribution >= 4 is 40.5 Å². The third-order valence-corrected chi connectivity index (χ3v) is 3.40. The van der Waals surface area contributed by atoms with Crippen LogP contribution in [-0.2, 0) is 4.79 Å². The predicted molar refractivity (Wildman–Crippen MR) is 93.4 cm³/mol. The molecule has 0 heterocycles. The largest absolute Gasteiger partial charge is 0.495 e. The normalized spacial score (nSPS) is 10.0. The van der Waals surface area contributed by atoms with Crippen molar-refractivity contribution in [3.8, 4) is 5.75 Å². The SMILES string of the molecule is COc1ccc(NC(C)=O)cc1NC(=O)c1cc(Cl)ccc1[N+](=O)[O-]. The molecule has 0 unspecified atom stereocenters. The van der Waals surface area contributed by atoms with Crippen molar-refractivity contribution < 1.29 is 19.2 Å². The second kappa shape index (κ2) is 7.63. The maximum absolute atomic E-state index is 12.5. The summed E-state index contributed by atoms with van der Waals surface area (Å²) in [7, 11) is 1.41. The number of ether oxygens (including phenoxy) is 1. The fraction of sp³-hybridized carbons (Fsp3) is 0.125. The lowest BCUT2D eigenvalue weighted by molar-refractivity contribution is -0.385. The van der Waals surface area contributed by atoms with Crippen LogP contribution >= 0.6 is 11.6 Å². The van der Waals surface area contributed by atoms with Gasteiger partial charge in [-0.25, -0.2) is 0 Å². The smallest absolute Gasteiger partial charge is 0.282 e. The minimum absolute atomic E-state index is 0.190. The summed E-state index contributed by atoms with van der Waals surface area (Å²) in [4.78, 5) is 34.1. The van der Waals surface area contributed by atoms with Gasteiger partial charge in [-0.15, -0.1) is 0 Å². The summed E-state index contributed by atoms with van der Waals surface area (Å²) in [6.07, 6.45) is 0. The highest BCUT2D eigenvalue weighted by Gasteiger charge is 2.21. The molecule has 2 aromatic carbocycles. The standard InChI is InChI=1S/C16H14ClN3O5/c1-9(21)18-11-4-6-15(25-2)13(8-11)19-16(22)12-7-10(17)3-5-14(12)20(23)24/h3-8H,1-2H3,(H,18,21)(H,19,22). The van der Waals surface area contributed by atoms with Crippen LogP contribution in [0.3, 0.4) is 0 Å². The first-order chi connectivity index (χ1) is 11.8. The molecule has 0 saturated carbocycles. The Morgan fingerprint density at radius 2 is 1.88 bits per heavy atom.